The van der Waals surface area contributed by atoms with Crippen molar-refractivity contribution in [2.24, 2.45) is 0 Å². The number of carboxylic acids is 1. The molecule has 0 radical (unpaired) electrons. The zero-order valence-electron chi connectivity index (χ0n) is 14.2. The van der Waals surface area contributed by atoms with Crippen LogP contribution in [0.5, 0.6) is 5.75 Å². The molecule has 0 saturated carbocycles. The predicted octanol–water partition coefficient (Wildman–Crippen LogP) is 3.39. The summed E-state index contributed by atoms with van der Waals surface area (Å²) < 4.78 is 11.0. The third-order valence-corrected chi connectivity index (χ3v) is 3.16. The van der Waals surface area contributed by atoms with Gasteiger partial charge in [0, 0.05) is 5.56 Å². The summed E-state index contributed by atoms with van der Waals surface area (Å²) in [6.07, 6.45) is 0. The second-order valence-corrected chi connectivity index (χ2v) is 6.41. The average Bonchev–Trinajstić information content (AvgIpc) is 2.85. The minimum Gasteiger partial charge on any atom is -0.488 e. The molecule has 1 aromatic carbocycles. The van der Waals surface area contributed by atoms with Gasteiger partial charge < -0.3 is 19.6 Å². The topological polar surface area (TPSA) is 88.8 Å². The Balaban J connectivity index is 1.97. The molecule has 0 aliphatic carbocycles. The molecule has 2 rings (SSSR count). The lowest BCUT2D eigenvalue weighted by Gasteiger charge is -2.21. The van der Waals surface area contributed by atoms with Crippen molar-refractivity contribution in [3.8, 4) is 5.75 Å². The van der Waals surface area contributed by atoms with Gasteiger partial charge in [0.05, 0.1) is 6.54 Å². The van der Waals surface area contributed by atoms with Crippen molar-refractivity contribution in [1.29, 1.82) is 0 Å². The van der Waals surface area contributed by atoms with Crippen LogP contribution >= 0.6 is 0 Å². The maximum Gasteiger partial charge on any atom is 0.339 e. The van der Waals surface area contributed by atoms with E-state index in [2.05, 4.69) is 5.32 Å². The first-order valence-electron chi connectivity index (χ1n) is 7.55. The van der Waals surface area contributed by atoms with Gasteiger partial charge in [-0.05, 0) is 58.0 Å². The molecular formula is C18H21NO5. The Kier molecular flexibility index (Phi) is 4.97. The number of ether oxygens (including phenoxy) is 1. The van der Waals surface area contributed by atoms with E-state index >= 15 is 0 Å². The van der Waals surface area contributed by atoms with Crippen LogP contribution in [0.25, 0.3) is 0 Å². The summed E-state index contributed by atoms with van der Waals surface area (Å²) in [6.45, 7) is 7.54. The van der Waals surface area contributed by atoms with Gasteiger partial charge in [-0.3, -0.25) is 4.79 Å². The molecule has 128 valence electrons. The summed E-state index contributed by atoms with van der Waals surface area (Å²) in [5, 5.41) is 11.7. The normalized spacial score (nSPS) is 11.2. The standard InChI is InChI=1S/C18H21NO5/c1-11-15(17(21)22)9-14(23-11)10-19-16(20)12-5-7-13(8-6-12)24-18(2,3)4/h5-9H,10H2,1-4H3,(H,19,20)(H,21,22). The minimum atomic E-state index is -1.05. The molecule has 1 aromatic heterocycles. The Hall–Kier alpha value is -2.76. The molecule has 0 atom stereocenters. The molecule has 2 aromatic rings. The monoisotopic (exact) mass is 331 g/mol. The van der Waals surface area contributed by atoms with Gasteiger partial charge in [0.2, 0.25) is 0 Å². The molecular weight excluding hydrogens is 310 g/mol. The van der Waals surface area contributed by atoms with Crippen LogP contribution in [0.1, 0.15) is 53.0 Å². The maximum atomic E-state index is 12.1. The van der Waals surface area contributed by atoms with Gasteiger partial charge in [-0.15, -0.1) is 0 Å². The number of hydrogen-bond acceptors (Lipinski definition) is 4. The number of nitrogens with one attached hydrogen (secondary N) is 1. The largest absolute Gasteiger partial charge is 0.488 e. The van der Waals surface area contributed by atoms with Crippen LogP contribution < -0.4 is 10.1 Å². The van der Waals surface area contributed by atoms with E-state index in [4.69, 9.17) is 14.3 Å². The molecule has 6 nitrogen and oxygen atoms in total. The van der Waals surface area contributed by atoms with Crippen LogP contribution in [0.3, 0.4) is 0 Å². The van der Waals surface area contributed by atoms with Crippen molar-refractivity contribution in [2.45, 2.75) is 39.8 Å². The summed E-state index contributed by atoms with van der Waals surface area (Å²) in [4.78, 5) is 23.1. The summed E-state index contributed by atoms with van der Waals surface area (Å²) in [5.74, 6) is 0.0691. The van der Waals surface area contributed by atoms with E-state index in [1.54, 1.807) is 31.2 Å². The SMILES string of the molecule is Cc1oc(CNC(=O)c2ccc(OC(C)(C)C)cc2)cc1C(=O)O. The van der Waals surface area contributed by atoms with E-state index in [9.17, 15) is 9.59 Å². The van der Waals surface area contributed by atoms with Crippen LogP contribution in [0.2, 0.25) is 0 Å². The first kappa shape index (κ1) is 17.6. The number of aromatic carboxylic acids is 1. The Bertz CT molecular complexity index is 738. The molecule has 0 unspecified atom stereocenters. The molecule has 2 N–H and O–H groups in total. The number of benzene rings is 1. The lowest BCUT2D eigenvalue weighted by Crippen LogP contribution is -2.24. The summed E-state index contributed by atoms with van der Waals surface area (Å²) >= 11 is 0. The highest BCUT2D eigenvalue weighted by molar-refractivity contribution is 5.94. The average molecular weight is 331 g/mol. The fourth-order valence-electron chi connectivity index (χ4n) is 2.14. The summed E-state index contributed by atoms with van der Waals surface area (Å²) in [5.41, 5.74) is 0.281. The van der Waals surface area contributed by atoms with Crippen LogP contribution in [0.15, 0.2) is 34.7 Å². The Labute approximate surface area is 140 Å². The smallest absolute Gasteiger partial charge is 0.339 e. The van der Waals surface area contributed by atoms with Crippen molar-refractivity contribution in [3.05, 3.63) is 53.0 Å². The van der Waals surface area contributed by atoms with Crippen LogP contribution in [0.4, 0.5) is 0 Å². The lowest BCUT2D eigenvalue weighted by atomic mass is 10.1. The molecule has 0 fully saturated rings. The van der Waals surface area contributed by atoms with Crippen molar-refractivity contribution < 1.29 is 23.8 Å². The number of aryl methyl sites for hydroxylation is 1. The first-order valence-corrected chi connectivity index (χ1v) is 7.55. The fraction of sp³-hybridized carbons (Fsp3) is 0.333. The van der Waals surface area contributed by atoms with Crippen molar-refractivity contribution in [2.75, 3.05) is 0 Å². The quantitative estimate of drug-likeness (QED) is 0.876. The van der Waals surface area contributed by atoms with Gasteiger partial charge in [0.25, 0.3) is 5.91 Å². The second kappa shape index (κ2) is 6.78. The highest BCUT2D eigenvalue weighted by Gasteiger charge is 2.15. The molecule has 24 heavy (non-hydrogen) atoms. The van der Waals surface area contributed by atoms with Gasteiger partial charge in [-0.2, -0.15) is 0 Å². The zero-order valence-corrected chi connectivity index (χ0v) is 14.2. The summed E-state index contributed by atoms with van der Waals surface area (Å²) in [6, 6.07) is 8.23. The van der Waals surface area contributed by atoms with Crippen molar-refractivity contribution >= 4 is 11.9 Å². The van der Waals surface area contributed by atoms with E-state index in [0.29, 0.717) is 22.8 Å². The van der Waals surface area contributed by atoms with Crippen molar-refractivity contribution in [3.63, 3.8) is 0 Å². The van der Waals surface area contributed by atoms with Crippen LogP contribution in [-0.2, 0) is 6.54 Å². The number of hydrogen-bond donors (Lipinski definition) is 2. The third-order valence-electron chi connectivity index (χ3n) is 3.16. The van der Waals surface area contributed by atoms with E-state index in [-0.39, 0.29) is 23.6 Å². The predicted molar refractivity (Wildman–Crippen MR) is 88.4 cm³/mol. The maximum absolute atomic E-state index is 12.1. The Morgan fingerprint density at radius 2 is 1.83 bits per heavy atom. The molecule has 0 spiro atoms. The number of rotatable bonds is 5. The van der Waals surface area contributed by atoms with Gasteiger partial charge in [-0.25, -0.2) is 4.79 Å². The first-order chi connectivity index (χ1) is 11.2. The number of furan rings is 1. The molecule has 1 amide bonds. The molecule has 6 heteroatoms. The van der Waals surface area contributed by atoms with Crippen molar-refractivity contribution in [1.82, 2.24) is 5.32 Å². The molecule has 0 saturated heterocycles. The second-order valence-electron chi connectivity index (χ2n) is 6.41. The number of carbonyl (C=O) groups is 2. The molecule has 0 aliphatic rings. The lowest BCUT2D eigenvalue weighted by molar-refractivity contribution is 0.0694. The molecule has 0 aliphatic heterocycles. The van der Waals surface area contributed by atoms with E-state index < -0.39 is 5.97 Å². The minimum absolute atomic E-state index is 0.0999. The van der Waals surface area contributed by atoms with Gasteiger partial charge in [0.15, 0.2) is 0 Å². The van der Waals surface area contributed by atoms with E-state index in [1.807, 2.05) is 20.8 Å². The Morgan fingerprint density at radius 1 is 1.21 bits per heavy atom. The molecule has 1 heterocycles. The third kappa shape index (κ3) is 4.62. The fourth-order valence-corrected chi connectivity index (χ4v) is 2.14. The summed E-state index contributed by atoms with van der Waals surface area (Å²) in [7, 11) is 0. The number of carboxylic acid groups (broad SMARTS) is 1. The Morgan fingerprint density at radius 3 is 2.33 bits per heavy atom. The number of carbonyl (C=O) groups excluding carboxylic acids is 1. The highest BCUT2D eigenvalue weighted by Crippen LogP contribution is 2.19. The highest BCUT2D eigenvalue weighted by atomic mass is 16.5. The van der Waals surface area contributed by atoms with Gasteiger partial charge in [0.1, 0.15) is 28.4 Å². The van der Waals surface area contributed by atoms with E-state index in [0.717, 1.165) is 0 Å². The van der Waals surface area contributed by atoms with E-state index in [1.165, 1.54) is 6.07 Å². The van der Waals surface area contributed by atoms with Gasteiger partial charge >= 0.3 is 5.97 Å². The van der Waals surface area contributed by atoms with Crippen LogP contribution in [0, 0.1) is 6.92 Å². The zero-order chi connectivity index (χ0) is 17.9. The van der Waals surface area contributed by atoms with Crippen LogP contribution in [-0.4, -0.2) is 22.6 Å². The molecule has 0 bridgehead atoms. The van der Waals surface area contributed by atoms with Gasteiger partial charge in [-0.1, -0.05) is 0 Å². The number of amides is 1.